The van der Waals surface area contributed by atoms with E-state index in [1.54, 1.807) is 0 Å². The Hall–Kier alpha value is -7.63. The first-order chi connectivity index (χ1) is 27.8. The molecule has 0 unspecified atom stereocenters. The van der Waals surface area contributed by atoms with Crippen molar-refractivity contribution >= 4 is 43.9 Å². The van der Waals surface area contributed by atoms with E-state index in [-0.39, 0.29) is 0 Å². The largest absolute Gasteiger partial charge is 0.456 e. The number of hydrogen-bond donors (Lipinski definition) is 0. The van der Waals surface area contributed by atoms with Crippen molar-refractivity contribution in [2.45, 2.75) is 0 Å². The van der Waals surface area contributed by atoms with Crippen LogP contribution in [0, 0.1) is 0 Å². The molecule has 0 aliphatic rings. The van der Waals surface area contributed by atoms with Gasteiger partial charge in [0, 0.05) is 49.4 Å². The van der Waals surface area contributed by atoms with Crippen LogP contribution in [-0.2, 0) is 0 Å². The van der Waals surface area contributed by atoms with Crippen molar-refractivity contribution in [3.05, 3.63) is 188 Å². The summed E-state index contributed by atoms with van der Waals surface area (Å²) in [6, 6.07) is 64.4. The summed E-state index contributed by atoms with van der Waals surface area (Å²) in [6.45, 7) is 0. The van der Waals surface area contributed by atoms with E-state index in [0.717, 1.165) is 93.9 Å². The third-order valence-electron chi connectivity index (χ3n) is 10.6. The van der Waals surface area contributed by atoms with Crippen LogP contribution in [0.15, 0.2) is 197 Å². The van der Waals surface area contributed by atoms with Gasteiger partial charge >= 0.3 is 0 Å². The van der Waals surface area contributed by atoms with Gasteiger partial charge in [-0.15, -0.1) is 0 Å². The van der Waals surface area contributed by atoms with Crippen LogP contribution in [0.2, 0.25) is 0 Å². The molecule has 0 aliphatic heterocycles. The molecule has 8 aromatic carbocycles. The lowest BCUT2D eigenvalue weighted by molar-refractivity contribution is 0.669. The van der Waals surface area contributed by atoms with E-state index in [1.807, 2.05) is 84.9 Å². The molecule has 0 saturated carbocycles. The van der Waals surface area contributed by atoms with Crippen LogP contribution in [0.1, 0.15) is 0 Å². The molecule has 11 aromatic rings. The molecule has 0 spiro atoms. The Morgan fingerprint density at radius 2 is 0.821 bits per heavy atom. The monoisotopic (exact) mass is 717 g/mol. The Labute approximate surface area is 322 Å². The molecular formula is C51H31N3O2. The van der Waals surface area contributed by atoms with Crippen LogP contribution < -0.4 is 0 Å². The van der Waals surface area contributed by atoms with Gasteiger partial charge in [0.1, 0.15) is 22.3 Å². The zero-order valence-corrected chi connectivity index (χ0v) is 30.1. The van der Waals surface area contributed by atoms with Gasteiger partial charge < -0.3 is 8.83 Å². The number of hydrogen-bond acceptors (Lipinski definition) is 5. The maximum atomic E-state index is 7.10. The van der Waals surface area contributed by atoms with Gasteiger partial charge in [-0.3, -0.25) is 0 Å². The number of fused-ring (bicyclic) bond motifs is 6. The molecule has 0 atom stereocenters. The second-order valence-corrected chi connectivity index (χ2v) is 13.9. The molecule has 0 aliphatic carbocycles. The van der Waals surface area contributed by atoms with E-state index >= 15 is 0 Å². The Morgan fingerprint density at radius 3 is 1.55 bits per heavy atom. The van der Waals surface area contributed by atoms with E-state index in [0.29, 0.717) is 17.5 Å². The summed E-state index contributed by atoms with van der Waals surface area (Å²) in [5.41, 5.74) is 12.4. The molecule has 56 heavy (non-hydrogen) atoms. The molecule has 0 amide bonds. The summed E-state index contributed by atoms with van der Waals surface area (Å²) in [6.07, 6.45) is 0. The predicted molar refractivity (Wildman–Crippen MR) is 227 cm³/mol. The molecule has 0 bridgehead atoms. The Kier molecular flexibility index (Phi) is 7.42. The number of rotatable bonds is 6. The number of benzene rings is 8. The predicted octanol–water partition coefficient (Wildman–Crippen LogP) is 13.7. The van der Waals surface area contributed by atoms with Crippen molar-refractivity contribution in [1.82, 2.24) is 15.0 Å². The van der Waals surface area contributed by atoms with Crippen LogP contribution >= 0.6 is 0 Å². The average molecular weight is 718 g/mol. The van der Waals surface area contributed by atoms with Gasteiger partial charge in [-0.05, 0) is 46.5 Å². The summed E-state index contributed by atoms with van der Waals surface area (Å²) in [5.74, 6) is 1.86. The second-order valence-electron chi connectivity index (χ2n) is 13.9. The lowest BCUT2D eigenvalue weighted by Gasteiger charge is -2.13. The highest BCUT2D eigenvalue weighted by Gasteiger charge is 2.22. The first-order valence-corrected chi connectivity index (χ1v) is 18.7. The third kappa shape index (κ3) is 5.29. The van der Waals surface area contributed by atoms with Crippen molar-refractivity contribution in [3.8, 4) is 67.5 Å². The van der Waals surface area contributed by atoms with Crippen molar-refractivity contribution in [2.24, 2.45) is 0 Å². The highest BCUT2D eigenvalue weighted by molar-refractivity contribution is 6.19. The zero-order valence-electron chi connectivity index (χ0n) is 30.1. The molecule has 11 rings (SSSR count). The van der Waals surface area contributed by atoms with Gasteiger partial charge in [0.15, 0.2) is 17.5 Å². The fourth-order valence-corrected chi connectivity index (χ4v) is 7.97. The summed E-state index contributed by atoms with van der Waals surface area (Å²) in [4.78, 5) is 14.9. The van der Waals surface area contributed by atoms with Crippen LogP contribution in [0.4, 0.5) is 0 Å². The van der Waals surface area contributed by atoms with Gasteiger partial charge in [-0.1, -0.05) is 164 Å². The number of para-hydroxylation sites is 2. The van der Waals surface area contributed by atoms with Crippen molar-refractivity contribution in [3.63, 3.8) is 0 Å². The minimum absolute atomic E-state index is 0.608. The summed E-state index contributed by atoms with van der Waals surface area (Å²) >= 11 is 0. The molecule has 5 nitrogen and oxygen atoms in total. The smallest absolute Gasteiger partial charge is 0.164 e. The molecule has 5 heteroatoms. The average Bonchev–Trinajstić information content (AvgIpc) is 3.86. The van der Waals surface area contributed by atoms with Gasteiger partial charge in [0.2, 0.25) is 0 Å². The topological polar surface area (TPSA) is 65.0 Å². The molecule has 3 heterocycles. The summed E-state index contributed by atoms with van der Waals surface area (Å²) in [5, 5.41) is 4.29. The summed E-state index contributed by atoms with van der Waals surface area (Å²) < 4.78 is 13.4. The Balaban J connectivity index is 1.12. The lowest BCUT2D eigenvalue weighted by atomic mass is 9.91. The van der Waals surface area contributed by atoms with Crippen molar-refractivity contribution < 1.29 is 8.83 Å². The number of aromatic nitrogens is 3. The van der Waals surface area contributed by atoms with Gasteiger partial charge in [0.05, 0.1) is 0 Å². The highest BCUT2D eigenvalue weighted by atomic mass is 16.3. The van der Waals surface area contributed by atoms with Crippen LogP contribution in [-0.4, -0.2) is 15.0 Å². The third-order valence-corrected chi connectivity index (χ3v) is 10.6. The molecule has 0 fully saturated rings. The molecule has 3 aromatic heterocycles. The van der Waals surface area contributed by atoms with Crippen LogP contribution in [0.3, 0.4) is 0 Å². The van der Waals surface area contributed by atoms with Gasteiger partial charge in [-0.2, -0.15) is 0 Å². The molecule has 262 valence electrons. The fourth-order valence-electron chi connectivity index (χ4n) is 7.97. The maximum Gasteiger partial charge on any atom is 0.164 e. The van der Waals surface area contributed by atoms with E-state index in [2.05, 4.69) is 103 Å². The minimum atomic E-state index is 0.608. The molecule has 0 radical (unpaired) electrons. The lowest BCUT2D eigenvalue weighted by Crippen LogP contribution is -2.00. The Bertz CT molecular complexity index is 3180. The van der Waals surface area contributed by atoms with Gasteiger partial charge in [-0.25, -0.2) is 15.0 Å². The van der Waals surface area contributed by atoms with E-state index < -0.39 is 0 Å². The van der Waals surface area contributed by atoms with Crippen LogP contribution in [0.25, 0.3) is 111 Å². The Morgan fingerprint density at radius 1 is 0.304 bits per heavy atom. The zero-order chi connectivity index (χ0) is 37.0. The molecule has 0 saturated heterocycles. The van der Waals surface area contributed by atoms with E-state index in [1.165, 1.54) is 0 Å². The van der Waals surface area contributed by atoms with Gasteiger partial charge in [0.25, 0.3) is 0 Å². The second kappa shape index (κ2) is 13.0. The first kappa shape index (κ1) is 31.9. The number of nitrogens with zero attached hydrogens (tertiary/aromatic N) is 3. The van der Waals surface area contributed by atoms with Crippen molar-refractivity contribution in [2.75, 3.05) is 0 Å². The van der Waals surface area contributed by atoms with Crippen molar-refractivity contribution in [1.29, 1.82) is 0 Å². The summed E-state index contributed by atoms with van der Waals surface area (Å²) in [7, 11) is 0. The molecule has 0 N–H and O–H groups in total. The molecular weight excluding hydrogens is 687 g/mol. The normalized spacial score (nSPS) is 11.6. The quantitative estimate of drug-likeness (QED) is 0.171. The highest BCUT2D eigenvalue weighted by Crippen LogP contribution is 2.46. The number of furan rings is 2. The standard InChI is InChI=1S/C51H31N3O2/c1-4-15-32(16-5-1)45-37(35-21-12-22-36(31-35)51-53-49(33-17-6-2-7-18-33)52-50(54-51)34-19-8-3-9-20-34)29-30-41-40-26-13-25-39(47(40)56-48(41)45)38-24-14-28-44-46(38)42-23-10-11-27-43(42)55-44/h1-31H. The first-order valence-electron chi connectivity index (χ1n) is 18.7. The van der Waals surface area contributed by atoms with E-state index in [9.17, 15) is 0 Å². The van der Waals surface area contributed by atoms with E-state index in [4.69, 9.17) is 23.8 Å². The van der Waals surface area contributed by atoms with Crippen LogP contribution in [0.5, 0.6) is 0 Å². The maximum absolute atomic E-state index is 7.10. The minimum Gasteiger partial charge on any atom is -0.456 e. The fraction of sp³-hybridized carbons (Fsp3) is 0. The SMILES string of the molecule is c1ccc(-c2nc(-c3ccccc3)nc(-c3cccc(-c4ccc5c(oc6c(-c7cccc8oc9ccccc9c78)cccc65)c4-c4ccccc4)c3)n2)cc1.